The molecule has 0 N–H and O–H groups in total. The van der Waals surface area contributed by atoms with Crippen LogP contribution < -0.4 is 0 Å². The van der Waals surface area contributed by atoms with Gasteiger partial charge in [-0.25, -0.2) is 0 Å². The Morgan fingerprint density at radius 1 is 1.03 bits per heavy atom. The van der Waals surface area contributed by atoms with Gasteiger partial charge in [0.15, 0.2) is 0 Å². The first kappa shape index (κ1) is 18.7. The van der Waals surface area contributed by atoms with Crippen LogP contribution in [0.5, 0.6) is 0 Å². The van der Waals surface area contributed by atoms with E-state index in [9.17, 15) is 4.79 Å². The number of rotatable bonds is 5. The number of carbonyl (C=O) groups is 1. The van der Waals surface area contributed by atoms with Crippen LogP contribution in [0, 0.1) is 5.41 Å². The zero-order chi connectivity index (χ0) is 20.4. The molecule has 0 bridgehead atoms. The Balaban J connectivity index is 1.77. The predicted molar refractivity (Wildman–Crippen MR) is 109 cm³/mol. The molecule has 0 fully saturated rings. The molecule has 0 amide bonds. The fraction of sp³-hybridized carbons (Fsp3) is 0.227. The molecule has 3 heterocycles. The molecule has 1 aromatic carbocycles. The Morgan fingerprint density at radius 2 is 1.76 bits per heavy atom. The molecule has 4 rings (SSSR count). The molecule has 0 atom stereocenters. The highest BCUT2D eigenvalue weighted by molar-refractivity contribution is 5.78. The number of nitrogens with zero attached hydrogens (tertiary/aromatic N) is 5. The number of hydrogen-bond acceptors (Lipinski definition) is 6. The highest BCUT2D eigenvalue weighted by Crippen LogP contribution is 2.33. The molecular weight excluding hydrogens is 366 g/mol. The third-order valence-corrected chi connectivity index (χ3v) is 4.38. The Hall–Kier alpha value is -3.61. The van der Waals surface area contributed by atoms with Gasteiger partial charge in [-0.1, -0.05) is 50.2 Å². The lowest BCUT2D eigenvalue weighted by Crippen LogP contribution is -2.17. The van der Waals surface area contributed by atoms with Gasteiger partial charge in [-0.15, -0.1) is 0 Å². The highest BCUT2D eigenvalue weighted by atomic mass is 16.5. The second kappa shape index (κ2) is 7.43. The van der Waals surface area contributed by atoms with E-state index in [0.29, 0.717) is 17.3 Å². The molecule has 146 valence electrons. The maximum Gasteiger partial charge on any atom is 0.262 e. The first-order valence-corrected chi connectivity index (χ1v) is 9.30. The quantitative estimate of drug-likeness (QED) is 0.468. The number of benzene rings is 1. The standard InChI is InChI=1S/C22H21N5O2/c1-22(2,3)14-27-19(16-8-10-23-11-9-16)18(12-24-27)21-25-20(26-29-21)17-6-4-15(13-28)5-7-17/h4-13H,14H2,1-3H3. The maximum absolute atomic E-state index is 10.9. The van der Waals surface area contributed by atoms with E-state index in [1.807, 2.05) is 16.8 Å². The summed E-state index contributed by atoms with van der Waals surface area (Å²) in [5.41, 5.74) is 4.08. The zero-order valence-electron chi connectivity index (χ0n) is 16.5. The summed E-state index contributed by atoms with van der Waals surface area (Å²) in [6.07, 6.45) is 6.06. The Bertz CT molecular complexity index is 1120. The van der Waals surface area contributed by atoms with E-state index in [-0.39, 0.29) is 5.41 Å². The van der Waals surface area contributed by atoms with E-state index < -0.39 is 0 Å². The van der Waals surface area contributed by atoms with Crippen molar-refractivity contribution < 1.29 is 9.32 Å². The first-order valence-electron chi connectivity index (χ1n) is 9.30. The topological polar surface area (TPSA) is 86.7 Å². The summed E-state index contributed by atoms with van der Waals surface area (Å²) in [5, 5.41) is 8.70. The Labute approximate surface area is 168 Å². The van der Waals surface area contributed by atoms with Crippen molar-refractivity contribution in [3.8, 4) is 34.1 Å². The van der Waals surface area contributed by atoms with Gasteiger partial charge >= 0.3 is 0 Å². The van der Waals surface area contributed by atoms with Gasteiger partial charge in [-0.05, 0) is 17.5 Å². The van der Waals surface area contributed by atoms with Gasteiger partial charge in [0.05, 0.1) is 17.5 Å². The van der Waals surface area contributed by atoms with Crippen LogP contribution in [-0.2, 0) is 6.54 Å². The number of pyridine rings is 1. The third kappa shape index (κ3) is 3.99. The molecular formula is C22H21N5O2. The van der Waals surface area contributed by atoms with Crippen molar-refractivity contribution in [3.63, 3.8) is 0 Å². The average molecular weight is 387 g/mol. The van der Waals surface area contributed by atoms with Gasteiger partial charge in [0.1, 0.15) is 6.29 Å². The van der Waals surface area contributed by atoms with Crippen LogP contribution in [0.3, 0.4) is 0 Å². The fourth-order valence-electron chi connectivity index (χ4n) is 3.09. The lowest BCUT2D eigenvalue weighted by Gasteiger charge is -2.20. The summed E-state index contributed by atoms with van der Waals surface area (Å²) in [6.45, 7) is 7.23. The van der Waals surface area contributed by atoms with Crippen LogP contribution in [-0.4, -0.2) is 31.2 Å². The van der Waals surface area contributed by atoms with Gasteiger partial charge in [-0.3, -0.25) is 14.5 Å². The molecule has 0 radical (unpaired) electrons. The second-order valence-corrected chi connectivity index (χ2v) is 8.02. The normalized spacial score (nSPS) is 11.6. The largest absolute Gasteiger partial charge is 0.333 e. The number of aldehydes is 1. The third-order valence-electron chi connectivity index (χ3n) is 4.38. The molecule has 0 aliphatic rings. The zero-order valence-corrected chi connectivity index (χ0v) is 16.5. The van der Waals surface area contributed by atoms with Crippen molar-refractivity contribution in [2.24, 2.45) is 5.41 Å². The summed E-state index contributed by atoms with van der Waals surface area (Å²) in [4.78, 5) is 19.5. The van der Waals surface area contributed by atoms with E-state index in [1.165, 1.54) is 0 Å². The van der Waals surface area contributed by atoms with Gasteiger partial charge < -0.3 is 4.52 Å². The van der Waals surface area contributed by atoms with Crippen molar-refractivity contribution in [2.75, 3.05) is 0 Å². The number of hydrogen-bond donors (Lipinski definition) is 0. The van der Waals surface area contributed by atoms with E-state index in [0.717, 1.165) is 35.2 Å². The monoisotopic (exact) mass is 387 g/mol. The van der Waals surface area contributed by atoms with E-state index in [4.69, 9.17) is 4.52 Å². The lowest BCUT2D eigenvalue weighted by atomic mass is 9.96. The fourth-order valence-corrected chi connectivity index (χ4v) is 3.09. The van der Waals surface area contributed by atoms with Crippen molar-refractivity contribution >= 4 is 6.29 Å². The molecule has 0 aliphatic carbocycles. The van der Waals surface area contributed by atoms with Crippen molar-refractivity contribution in [1.29, 1.82) is 0 Å². The molecule has 0 aliphatic heterocycles. The summed E-state index contributed by atoms with van der Waals surface area (Å²) >= 11 is 0. The molecule has 29 heavy (non-hydrogen) atoms. The van der Waals surface area contributed by atoms with Crippen LogP contribution in [0.1, 0.15) is 31.1 Å². The highest BCUT2D eigenvalue weighted by Gasteiger charge is 2.23. The van der Waals surface area contributed by atoms with Gasteiger partial charge in [-0.2, -0.15) is 10.1 Å². The van der Waals surface area contributed by atoms with E-state index >= 15 is 0 Å². The van der Waals surface area contributed by atoms with Crippen LogP contribution in [0.25, 0.3) is 34.1 Å². The lowest BCUT2D eigenvalue weighted by molar-refractivity contribution is 0.112. The number of carbonyl (C=O) groups excluding carboxylic acids is 1. The van der Waals surface area contributed by atoms with Gasteiger partial charge in [0, 0.05) is 35.6 Å². The Morgan fingerprint density at radius 3 is 2.41 bits per heavy atom. The van der Waals surface area contributed by atoms with Crippen molar-refractivity contribution in [2.45, 2.75) is 27.3 Å². The van der Waals surface area contributed by atoms with E-state index in [2.05, 4.69) is 41.0 Å². The minimum atomic E-state index is 0.0470. The summed E-state index contributed by atoms with van der Waals surface area (Å²) in [5.74, 6) is 0.855. The minimum Gasteiger partial charge on any atom is -0.333 e. The smallest absolute Gasteiger partial charge is 0.262 e. The predicted octanol–water partition coefficient (Wildman–Crippen LogP) is 4.52. The van der Waals surface area contributed by atoms with Gasteiger partial charge in [0.25, 0.3) is 5.89 Å². The molecule has 3 aromatic heterocycles. The van der Waals surface area contributed by atoms with Crippen LogP contribution in [0.15, 0.2) is 59.5 Å². The summed E-state index contributed by atoms with van der Waals surface area (Å²) < 4.78 is 7.53. The van der Waals surface area contributed by atoms with Gasteiger partial charge in [0.2, 0.25) is 5.82 Å². The van der Waals surface area contributed by atoms with Crippen LogP contribution in [0.4, 0.5) is 0 Å². The molecule has 0 spiro atoms. The molecule has 7 heteroatoms. The molecule has 4 aromatic rings. The summed E-state index contributed by atoms with van der Waals surface area (Å²) in [7, 11) is 0. The van der Waals surface area contributed by atoms with Crippen molar-refractivity contribution in [1.82, 2.24) is 24.9 Å². The summed E-state index contributed by atoms with van der Waals surface area (Å²) in [6, 6.07) is 10.9. The molecule has 0 saturated carbocycles. The first-order chi connectivity index (χ1) is 13.9. The maximum atomic E-state index is 10.9. The van der Waals surface area contributed by atoms with Crippen LogP contribution in [0.2, 0.25) is 0 Å². The Kier molecular flexibility index (Phi) is 4.80. The second-order valence-electron chi connectivity index (χ2n) is 8.02. The molecule has 0 unspecified atom stereocenters. The minimum absolute atomic E-state index is 0.0470. The average Bonchev–Trinajstić information content (AvgIpc) is 3.34. The van der Waals surface area contributed by atoms with Crippen molar-refractivity contribution in [3.05, 3.63) is 60.6 Å². The van der Waals surface area contributed by atoms with E-state index in [1.54, 1.807) is 42.9 Å². The van der Waals surface area contributed by atoms with Crippen LogP contribution >= 0.6 is 0 Å². The molecule has 7 nitrogen and oxygen atoms in total. The number of aromatic nitrogens is 5. The molecule has 0 saturated heterocycles. The SMILES string of the molecule is CC(C)(C)Cn1ncc(-c2nc(-c3ccc(C=O)cc3)no2)c1-c1ccncc1.